The van der Waals surface area contributed by atoms with Crippen molar-refractivity contribution < 1.29 is 4.79 Å². The molecule has 0 bridgehead atoms. The summed E-state index contributed by atoms with van der Waals surface area (Å²) in [5.41, 5.74) is 4.14. The van der Waals surface area contributed by atoms with Gasteiger partial charge in [0.05, 0.1) is 22.1 Å². The lowest BCUT2D eigenvalue weighted by Crippen LogP contribution is -2.12. The van der Waals surface area contributed by atoms with E-state index in [-0.39, 0.29) is 5.91 Å². The topological polar surface area (TPSA) is 88.5 Å². The second-order valence-corrected chi connectivity index (χ2v) is 6.85. The van der Waals surface area contributed by atoms with Crippen LogP contribution in [-0.4, -0.2) is 30.6 Å². The summed E-state index contributed by atoms with van der Waals surface area (Å²) in [4.78, 5) is 24.4. The first kappa shape index (κ1) is 16.2. The molecule has 0 radical (unpaired) electrons. The number of pyridine rings is 1. The Hall–Kier alpha value is -3.26. The fourth-order valence-corrected chi connectivity index (χ4v) is 3.25. The van der Waals surface area contributed by atoms with Crippen LogP contribution in [0.4, 0.5) is 5.69 Å². The molecule has 0 saturated carbocycles. The molecular formula is C18H16N6OS. The molecule has 0 unspecified atom stereocenters. The first-order valence-corrected chi connectivity index (χ1v) is 8.85. The number of aromatic amines is 1. The van der Waals surface area contributed by atoms with E-state index in [9.17, 15) is 4.79 Å². The summed E-state index contributed by atoms with van der Waals surface area (Å²) in [6.07, 6.45) is 5.24. The SMILES string of the molecule is Cc1nc(-c2c[nH]c(C(=O)Nc3cn(C)nc3-c3ccccn3)c2)cs1. The lowest BCUT2D eigenvalue weighted by Gasteiger charge is -2.03. The summed E-state index contributed by atoms with van der Waals surface area (Å²) in [7, 11) is 1.80. The summed E-state index contributed by atoms with van der Waals surface area (Å²) >= 11 is 1.58. The maximum absolute atomic E-state index is 12.6. The van der Waals surface area contributed by atoms with Gasteiger partial charge in [0.1, 0.15) is 11.4 Å². The third-order valence-corrected chi connectivity index (χ3v) is 4.60. The van der Waals surface area contributed by atoms with Gasteiger partial charge < -0.3 is 10.3 Å². The average Bonchev–Trinajstić information content (AvgIpc) is 3.35. The van der Waals surface area contributed by atoms with Crippen molar-refractivity contribution in [2.24, 2.45) is 7.05 Å². The molecule has 0 atom stereocenters. The van der Waals surface area contributed by atoms with Crippen molar-refractivity contribution >= 4 is 22.9 Å². The quantitative estimate of drug-likeness (QED) is 0.580. The number of thiazole rings is 1. The van der Waals surface area contributed by atoms with E-state index < -0.39 is 0 Å². The number of nitrogens with zero attached hydrogens (tertiary/aromatic N) is 4. The van der Waals surface area contributed by atoms with Crippen LogP contribution in [0.3, 0.4) is 0 Å². The van der Waals surface area contributed by atoms with Crippen LogP contribution in [0.2, 0.25) is 0 Å². The zero-order chi connectivity index (χ0) is 18.1. The molecule has 130 valence electrons. The van der Waals surface area contributed by atoms with Crippen LogP contribution >= 0.6 is 11.3 Å². The van der Waals surface area contributed by atoms with E-state index in [1.807, 2.05) is 30.5 Å². The number of rotatable bonds is 4. The molecule has 7 nitrogen and oxygen atoms in total. The maximum atomic E-state index is 12.6. The van der Waals surface area contributed by atoms with Gasteiger partial charge in [-0.3, -0.25) is 14.5 Å². The Labute approximate surface area is 153 Å². The Balaban J connectivity index is 1.59. The number of amides is 1. The van der Waals surface area contributed by atoms with Gasteiger partial charge >= 0.3 is 0 Å². The molecule has 0 saturated heterocycles. The second-order valence-electron chi connectivity index (χ2n) is 5.79. The zero-order valence-corrected chi connectivity index (χ0v) is 15.0. The van der Waals surface area contributed by atoms with E-state index in [0.717, 1.165) is 16.3 Å². The first-order chi connectivity index (χ1) is 12.6. The molecule has 0 aliphatic rings. The summed E-state index contributed by atoms with van der Waals surface area (Å²) in [6.45, 7) is 1.95. The monoisotopic (exact) mass is 364 g/mol. The van der Waals surface area contributed by atoms with E-state index in [2.05, 4.69) is 25.4 Å². The number of aromatic nitrogens is 5. The third-order valence-electron chi connectivity index (χ3n) is 3.83. The Kier molecular flexibility index (Phi) is 4.10. The molecule has 4 heterocycles. The van der Waals surface area contributed by atoms with Crippen molar-refractivity contribution in [2.45, 2.75) is 6.92 Å². The highest BCUT2D eigenvalue weighted by Gasteiger charge is 2.16. The number of carbonyl (C=O) groups is 1. The van der Waals surface area contributed by atoms with Gasteiger partial charge in [-0.15, -0.1) is 11.3 Å². The standard InChI is InChI=1S/C18H16N6OS/c1-11-21-16(10-26-11)12-7-14(20-8-12)18(25)22-15-9-24(2)23-17(15)13-5-3-4-6-19-13/h3-10,20H,1-2H3,(H,22,25). The summed E-state index contributed by atoms with van der Waals surface area (Å²) in [5.74, 6) is -0.242. The minimum atomic E-state index is -0.242. The van der Waals surface area contributed by atoms with Crippen LogP contribution in [0, 0.1) is 6.92 Å². The molecule has 0 aliphatic heterocycles. The number of carbonyl (C=O) groups excluding carboxylic acids is 1. The van der Waals surface area contributed by atoms with Crippen LogP contribution in [0.15, 0.2) is 48.2 Å². The van der Waals surface area contributed by atoms with Crippen LogP contribution in [0.1, 0.15) is 15.5 Å². The fourth-order valence-electron chi connectivity index (χ4n) is 2.63. The highest BCUT2D eigenvalue weighted by Crippen LogP contribution is 2.26. The number of hydrogen-bond acceptors (Lipinski definition) is 5. The van der Waals surface area contributed by atoms with Crippen LogP contribution in [0.5, 0.6) is 0 Å². The van der Waals surface area contributed by atoms with Gasteiger partial charge in [0.25, 0.3) is 5.91 Å². The van der Waals surface area contributed by atoms with E-state index in [1.165, 1.54) is 0 Å². The molecule has 4 rings (SSSR count). The Morgan fingerprint density at radius 3 is 2.92 bits per heavy atom. The number of nitrogens with one attached hydrogen (secondary N) is 2. The first-order valence-electron chi connectivity index (χ1n) is 7.97. The van der Waals surface area contributed by atoms with Crippen molar-refractivity contribution in [3.63, 3.8) is 0 Å². The predicted molar refractivity (Wildman–Crippen MR) is 101 cm³/mol. The van der Waals surface area contributed by atoms with E-state index in [4.69, 9.17) is 0 Å². The van der Waals surface area contributed by atoms with Gasteiger partial charge in [-0.2, -0.15) is 5.10 Å². The van der Waals surface area contributed by atoms with E-state index >= 15 is 0 Å². The molecule has 2 N–H and O–H groups in total. The molecule has 8 heteroatoms. The van der Waals surface area contributed by atoms with Gasteiger partial charge in [0.2, 0.25) is 0 Å². The minimum Gasteiger partial charge on any atom is -0.357 e. The average molecular weight is 364 g/mol. The summed E-state index contributed by atoms with van der Waals surface area (Å²) < 4.78 is 1.65. The molecule has 4 aromatic heterocycles. The smallest absolute Gasteiger partial charge is 0.272 e. The maximum Gasteiger partial charge on any atom is 0.272 e. The molecule has 0 aromatic carbocycles. The molecule has 0 spiro atoms. The van der Waals surface area contributed by atoms with Gasteiger partial charge in [-0.1, -0.05) is 6.07 Å². The summed E-state index contributed by atoms with van der Waals surface area (Å²) in [5, 5.41) is 10.3. The van der Waals surface area contributed by atoms with Crippen molar-refractivity contribution in [3.8, 4) is 22.6 Å². The van der Waals surface area contributed by atoms with E-state index in [0.29, 0.717) is 22.8 Å². The highest BCUT2D eigenvalue weighted by atomic mass is 32.1. The number of anilines is 1. The third kappa shape index (κ3) is 3.14. The molecule has 0 aliphatic carbocycles. The van der Waals surface area contributed by atoms with Crippen LogP contribution in [0.25, 0.3) is 22.6 Å². The fraction of sp³-hybridized carbons (Fsp3) is 0.111. The zero-order valence-electron chi connectivity index (χ0n) is 14.2. The predicted octanol–water partition coefficient (Wildman–Crippen LogP) is 3.49. The van der Waals surface area contributed by atoms with Gasteiger partial charge in [0, 0.05) is 36.6 Å². The second kappa shape index (κ2) is 6.57. The Morgan fingerprint density at radius 1 is 1.31 bits per heavy atom. The number of H-pyrrole nitrogens is 1. The Bertz CT molecular complexity index is 1060. The Morgan fingerprint density at radius 2 is 2.19 bits per heavy atom. The lowest BCUT2D eigenvalue weighted by atomic mass is 10.2. The number of hydrogen-bond donors (Lipinski definition) is 2. The number of aryl methyl sites for hydroxylation is 2. The van der Waals surface area contributed by atoms with Gasteiger partial charge in [-0.05, 0) is 25.1 Å². The normalized spacial score (nSPS) is 10.8. The minimum absolute atomic E-state index is 0.242. The lowest BCUT2D eigenvalue weighted by molar-refractivity contribution is 0.102. The largest absolute Gasteiger partial charge is 0.357 e. The molecule has 0 fully saturated rings. The van der Waals surface area contributed by atoms with Crippen molar-refractivity contribution in [1.29, 1.82) is 0 Å². The van der Waals surface area contributed by atoms with Crippen molar-refractivity contribution in [3.05, 3.63) is 58.9 Å². The molecule has 26 heavy (non-hydrogen) atoms. The van der Waals surface area contributed by atoms with Gasteiger partial charge in [-0.25, -0.2) is 4.98 Å². The van der Waals surface area contributed by atoms with Crippen LogP contribution < -0.4 is 5.32 Å². The van der Waals surface area contributed by atoms with Crippen LogP contribution in [-0.2, 0) is 7.05 Å². The van der Waals surface area contributed by atoms with E-state index in [1.54, 1.807) is 47.7 Å². The molecular weight excluding hydrogens is 348 g/mol. The van der Waals surface area contributed by atoms with Crippen molar-refractivity contribution in [1.82, 2.24) is 24.7 Å². The van der Waals surface area contributed by atoms with Crippen molar-refractivity contribution in [2.75, 3.05) is 5.32 Å². The molecule has 4 aromatic rings. The van der Waals surface area contributed by atoms with Gasteiger partial charge in [0.15, 0.2) is 0 Å². The highest BCUT2D eigenvalue weighted by molar-refractivity contribution is 7.09. The molecule has 1 amide bonds. The summed E-state index contributed by atoms with van der Waals surface area (Å²) in [6, 6.07) is 7.37.